The fraction of sp³-hybridized carbons (Fsp3) is 0.105. The van der Waals surface area contributed by atoms with Gasteiger partial charge in [0.15, 0.2) is 0 Å². The first-order valence-corrected chi connectivity index (χ1v) is 14.7. The molecule has 0 atom stereocenters. The van der Waals surface area contributed by atoms with E-state index in [1.165, 1.54) is 24.3 Å². The minimum absolute atomic E-state index is 0.0612. The zero-order chi connectivity index (χ0) is 32.5. The van der Waals surface area contributed by atoms with E-state index in [1.807, 2.05) is 60.7 Å². The molecule has 2 amide bonds. The molecule has 0 heterocycles. The lowest BCUT2D eigenvalue weighted by Crippen LogP contribution is -2.25. The first kappa shape index (κ1) is 31.4. The number of rotatable bonds is 12. The SMILES string of the molecule is O=C(O)c1cc(Cc2ccccc2)ccc1C(=O)NCc1ccc(CNC(=O)c2ccc(Cc3ccccc3)cc2C(=O)O)cc1. The van der Waals surface area contributed by atoms with Gasteiger partial charge in [-0.25, -0.2) is 9.59 Å². The van der Waals surface area contributed by atoms with E-state index in [0.717, 1.165) is 33.4 Å². The first-order valence-electron chi connectivity index (χ1n) is 14.7. The first-order chi connectivity index (χ1) is 22.3. The lowest BCUT2D eigenvalue weighted by Gasteiger charge is -2.12. The van der Waals surface area contributed by atoms with Crippen LogP contribution in [0.4, 0.5) is 0 Å². The molecule has 5 aromatic carbocycles. The summed E-state index contributed by atoms with van der Waals surface area (Å²) in [6.07, 6.45) is 1.11. The van der Waals surface area contributed by atoms with Gasteiger partial charge in [0.1, 0.15) is 0 Å². The second-order valence-electron chi connectivity index (χ2n) is 10.9. The summed E-state index contributed by atoms with van der Waals surface area (Å²) in [4.78, 5) is 49.7. The smallest absolute Gasteiger partial charge is 0.336 e. The molecule has 4 N–H and O–H groups in total. The fourth-order valence-electron chi connectivity index (χ4n) is 5.15. The molecule has 0 aliphatic carbocycles. The van der Waals surface area contributed by atoms with E-state index in [4.69, 9.17) is 0 Å². The molecule has 230 valence electrons. The van der Waals surface area contributed by atoms with Crippen molar-refractivity contribution >= 4 is 23.8 Å². The van der Waals surface area contributed by atoms with E-state index in [9.17, 15) is 29.4 Å². The molecule has 0 aromatic heterocycles. The Morgan fingerprint density at radius 3 is 1.11 bits per heavy atom. The highest BCUT2D eigenvalue weighted by atomic mass is 16.4. The monoisotopic (exact) mass is 612 g/mol. The summed E-state index contributed by atoms with van der Waals surface area (Å²) in [5, 5.41) is 25.1. The Hall–Kier alpha value is -6.02. The Kier molecular flexibility index (Phi) is 9.99. The molecule has 5 rings (SSSR count). The van der Waals surface area contributed by atoms with E-state index < -0.39 is 23.8 Å². The number of nitrogens with one attached hydrogen (secondary N) is 2. The minimum atomic E-state index is -1.18. The second kappa shape index (κ2) is 14.6. The quantitative estimate of drug-likeness (QED) is 0.134. The van der Waals surface area contributed by atoms with E-state index >= 15 is 0 Å². The summed E-state index contributed by atoms with van der Waals surface area (Å²) in [6, 6.07) is 36.2. The molecule has 0 unspecified atom stereocenters. The molecule has 0 aliphatic heterocycles. The van der Waals surface area contributed by atoms with Crippen LogP contribution in [-0.4, -0.2) is 34.0 Å². The summed E-state index contributed by atoms with van der Waals surface area (Å²) >= 11 is 0. The topological polar surface area (TPSA) is 133 Å². The number of carboxylic acids is 2. The molecular weight excluding hydrogens is 580 g/mol. The van der Waals surface area contributed by atoms with E-state index in [-0.39, 0.29) is 35.3 Å². The van der Waals surface area contributed by atoms with Gasteiger partial charge in [-0.05, 0) is 70.5 Å². The molecule has 46 heavy (non-hydrogen) atoms. The average Bonchev–Trinajstić information content (AvgIpc) is 3.07. The molecule has 8 nitrogen and oxygen atoms in total. The fourth-order valence-corrected chi connectivity index (χ4v) is 5.15. The standard InChI is InChI=1S/C38H32N2O6/c41-35(31-17-15-29(21-33(31)37(43)44)19-25-7-3-1-4-8-25)39-23-27-11-13-28(14-12-27)24-40-36(42)32-18-16-30(22-34(32)38(45)46)20-26-9-5-2-6-10-26/h1-18,21-22H,19-20,23-24H2,(H,39,41)(H,40,42)(H,43,44)(H,45,46). The Morgan fingerprint density at radius 1 is 0.413 bits per heavy atom. The maximum Gasteiger partial charge on any atom is 0.336 e. The van der Waals surface area contributed by atoms with Crippen LogP contribution in [0.2, 0.25) is 0 Å². The van der Waals surface area contributed by atoms with Crippen molar-refractivity contribution in [3.05, 3.63) is 177 Å². The van der Waals surface area contributed by atoms with Crippen LogP contribution in [0.25, 0.3) is 0 Å². The largest absolute Gasteiger partial charge is 0.478 e. The number of aromatic carboxylic acids is 2. The van der Waals surface area contributed by atoms with E-state index in [1.54, 1.807) is 36.4 Å². The van der Waals surface area contributed by atoms with Crippen LogP contribution in [0.15, 0.2) is 121 Å². The van der Waals surface area contributed by atoms with Gasteiger partial charge in [-0.2, -0.15) is 0 Å². The van der Waals surface area contributed by atoms with Gasteiger partial charge in [0.05, 0.1) is 22.3 Å². The van der Waals surface area contributed by atoms with E-state index in [0.29, 0.717) is 12.8 Å². The third kappa shape index (κ3) is 8.12. The number of carboxylic acid groups (broad SMARTS) is 2. The molecule has 0 spiro atoms. The lowest BCUT2D eigenvalue weighted by molar-refractivity contribution is 0.0682. The average molecular weight is 613 g/mol. The maximum absolute atomic E-state index is 12.9. The predicted octanol–water partition coefficient (Wildman–Crippen LogP) is 6.12. The molecule has 0 saturated heterocycles. The van der Waals surface area contributed by atoms with Gasteiger partial charge in [0, 0.05) is 13.1 Å². The van der Waals surface area contributed by atoms with Crippen molar-refractivity contribution in [2.45, 2.75) is 25.9 Å². The predicted molar refractivity (Wildman–Crippen MR) is 174 cm³/mol. The summed E-state index contributed by atoms with van der Waals surface area (Å²) in [7, 11) is 0. The number of hydrogen-bond donors (Lipinski definition) is 4. The normalized spacial score (nSPS) is 10.6. The second-order valence-corrected chi connectivity index (χ2v) is 10.9. The van der Waals surface area contributed by atoms with Gasteiger partial charge in [0.25, 0.3) is 11.8 Å². The molecule has 5 aromatic rings. The van der Waals surface area contributed by atoms with Crippen molar-refractivity contribution in [3.63, 3.8) is 0 Å². The van der Waals surface area contributed by atoms with Gasteiger partial charge in [-0.15, -0.1) is 0 Å². The van der Waals surface area contributed by atoms with Crippen molar-refractivity contribution in [2.75, 3.05) is 0 Å². The van der Waals surface area contributed by atoms with Crippen LogP contribution in [-0.2, 0) is 25.9 Å². The van der Waals surface area contributed by atoms with Crippen molar-refractivity contribution in [1.29, 1.82) is 0 Å². The molecule has 8 heteroatoms. The summed E-state index contributed by atoms with van der Waals surface area (Å²) in [5.41, 5.74) is 5.27. The van der Waals surface area contributed by atoms with Gasteiger partial charge in [0.2, 0.25) is 0 Å². The number of carbonyl (C=O) groups is 4. The van der Waals surface area contributed by atoms with Crippen LogP contribution in [0.3, 0.4) is 0 Å². The van der Waals surface area contributed by atoms with Crippen LogP contribution in [0, 0.1) is 0 Å². The molecule has 0 bridgehead atoms. The molecule has 0 radical (unpaired) electrons. The third-order valence-corrected chi connectivity index (χ3v) is 7.55. The van der Waals surface area contributed by atoms with Crippen molar-refractivity contribution in [3.8, 4) is 0 Å². The van der Waals surface area contributed by atoms with Gasteiger partial charge in [-0.1, -0.05) is 97.1 Å². The van der Waals surface area contributed by atoms with Crippen LogP contribution in [0.1, 0.15) is 74.8 Å². The molecule has 0 aliphatic rings. The van der Waals surface area contributed by atoms with Gasteiger partial charge >= 0.3 is 11.9 Å². The molecule has 0 saturated carbocycles. The number of carbonyl (C=O) groups excluding carboxylic acids is 2. The number of amides is 2. The van der Waals surface area contributed by atoms with E-state index in [2.05, 4.69) is 10.6 Å². The summed E-state index contributed by atoms with van der Waals surface area (Å²) in [5.74, 6) is -3.34. The molecular formula is C38H32N2O6. The number of hydrogen-bond acceptors (Lipinski definition) is 4. The zero-order valence-electron chi connectivity index (χ0n) is 24.9. The Bertz CT molecular complexity index is 1730. The van der Waals surface area contributed by atoms with Crippen molar-refractivity contribution in [1.82, 2.24) is 10.6 Å². The van der Waals surface area contributed by atoms with Crippen molar-refractivity contribution in [2.24, 2.45) is 0 Å². The summed E-state index contributed by atoms with van der Waals surface area (Å²) < 4.78 is 0. The van der Waals surface area contributed by atoms with Crippen molar-refractivity contribution < 1.29 is 29.4 Å². The zero-order valence-corrected chi connectivity index (χ0v) is 24.9. The molecule has 0 fully saturated rings. The Labute approximate surface area is 266 Å². The van der Waals surface area contributed by atoms with Crippen LogP contribution < -0.4 is 10.6 Å². The lowest BCUT2D eigenvalue weighted by atomic mass is 9.98. The van der Waals surface area contributed by atoms with Crippen LogP contribution in [0.5, 0.6) is 0 Å². The van der Waals surface area contributed by atoms with Crippen LogP contribution >= 0.6 is 0 Å². The Balaban J connectivity index is 1.17. The third-order valence-electron chi connectivity index (χ3n) is 7.55. The minimum Gasteiger partial charge on any atom is -0.478 e. The summed E-state index contributed by atoms with van der Waals surface area (Å²) in [6.45, 7) is 0.348. The Morgan fingerprint density at radius 2 is 0.761 bits per heavy atom. The highest BCUT2D eigenvalue weighted by Gasteiger charge is 2.19. The van der Waals surface area contributed by atoms with Gasteiger partial charge < -0.3 is 20.8 Å². The highest BCUT2D eigenvalue weighted by molar-refractivity contribution is 6.05. The maximum atomic E-state index is 12.9. The highest BCUT2D eigenvalue weighted by Crippen LogP contribution is 2.18. The number of benzene rings is 5. The van der Waals surface area contributed by atoms with Gasteiger partial charge in [-0.3, -0.25) is 9.59 Å².